The van der Waals surface area contributed by atoms with E-state index in [9.17, 15) is 14.4 Å². The number of imidazole rings is 1. The Morgan fingerprint density at radius 2 is 1.25 bits per heavy atom. The molecule has 0 saturated heterocycles. The Kier molecular flexibility index (Phi) is 21.9. The number of aliphatic imine (C=N–C) groups is 2. The molecular weight excluding hydrogens is 723 g/mol. The monoisotopic (exact) mass is 790 g/mol. The highest BCUT2D eigenvalue weighted by Crippen LogP contribution is 2.17. The summed E-state index contributed by atoms with van der Waals surface area (Å²) in [5, 5.41) is 14.6. The first kappa shape index (κ1) is 46.5. The van der Waals surface area contributed by atoms with Gasteiger partial charge in [-0.3, -0.25) is 19.9 Å². The lowest BCUT2D eigenvalue weighted by atomic mass is 10.2. The highest BCUT2D eigenvalue weighted by atomic mass is 16.2. The second-order valence-electron chi connectivity index (χ2n) is 14.3. The zero-order valence-electron chi connectivity index (χ0n) is 34.8. The number of Topliss-reactive ketones (excluding diaryl/α,β-unsaturated/α-hetero) is 1. The minimum atomic E-state index is -1.19. The molecule has 0 aliphatic carbocycles. The van der Waals surface area contributed by atoms with Crippen molar-refractivity contribution in [3.8, 4) is 0 Å². The molecule has 16 heteroatoms. The maximum Gasteiger partial charge on any atom is 0.323 e. The zero-order chi connectivity index (χ0) is 41.3. The van der Waals surface area contributed by atoms with Crippen LogP contribution in [0.4, 0.5) is 17.1 Å². The Hall–Kier alpha value is -4.93. The second kappa shape index (κ2) is 26.8. The number of aromatic nitrogens is 2. The van der Waals surface area contributed by atoms with Crippen LogP contribution in [-0.4, -0.2) is 102 Å². The van der Waals surface area contributed by atoms with Crippen LogP contribution in [0.15, 0.2) is 67.5 Å². The van der Waals surface area contributed by atoms with Crippen LogP contribution in [0.3, 0.4) is 0 Å². The van der Waals surface area contributed by atoms with E-state index in [1.807, 2.05) is 0 Å². The summed E-state index contributed by atoms with van der Waals surface area (Å²) in [6, 6.07) is 10.7. The summed E-state index contributed by atoms with van der Waals surface area (Å²) >= 11 is 0. The molecule has 0 radical (unpaired) electrons. The topological polar surface area (TPSA) is 213 Å². The van der Waals surface area contributed by atoms with Crippen molar-refractivity contribution in [3.63, 3.8) is 0 Å². The number of guanidine groups is 2. The number of benzene rings is 2. The third-order valence-corrected chi connectivity index (χ3v) is 9.30. The fraction of sp³-hybridized carbons (Fsp3) is 0.585. The molecule has 57 heavy (non-hydrogen) atoms. The molecule has 16 nitrogen and oxygen atoms in total. The Balaban J connectivity index is 1.63. The summed E-state index contributed by atoms with van der Waals surface area (Å²) in [5.74, 6) is -0.406. The van der Waals surface area contributed by atoms with E-state index in [0.29, 0.717) is 47.1 Å². The fourth-order valence-electron chi connectivity index (χ4n) is 5.97. The molecule has 3 rings (SSSR count). The molecular formula is C41H67N13O3. The first-order chi connectivity index (χ1) is 27.6. The van der Waals surface area contributed by atoms with Crippen LogP contribution in [0.5, 0.6) is 0 Å². The fourth-order valence-corrected chi connectivity index (χ4v) is 5.97. The minimum absolute atomic E-state index is 0.253. The smallest absolute Gasteiger partial charge is 0.323 e. The van der Waals surface area contributed by atoms with E-state index in [1.165, 1.54) is 58.3 Å². The minimum Gasteiger partial charge on any atom is -0.370 e. The number of ketones is 1. The lowest BCUT2D eigenvalue weighted by molar-refractivity contribution is -0.127. The van der Waals surface area contributed by atoms with Gasteiger partial charge < -0.3 is 36.2 Å². The Morgan fingerprint density at radius 3 is 1.81 bits per heavy atom. The molecule has 1 atom stereocenters. The number of H-pyrrole nitrogens is 2. The van der Waals surface area contributed by atoms with Crippen molar-refractivity contribution in [3.05, 3.63) is 52.9 Å². The van der Waals surface area contributed by atoms with Gasteiger partial charge in [0.2, 0.25) is 5.96 Å². The van der Waals surface area contributed by atoms with Crippen LogP contribution in [0.1, 0.15) is 98.8 Å². The second-order valence-corrected chi connectivity index (χ2v) is 14.3. The van der Waals surface area contributed by atoms with Crippen LogP contribution in [0.2, 0.25) is 0 Å². The number of hydrogen-bond acceptors (Lipinski definition) is 10. The van der Waals surface area contributed by atoms with Crippen molar-refractivity contribution in [1.82, 2.24) is 30.5 Å². The number of anilines is 2. The molecule has 8 N–H and O–H groups in total. The van der Waals surface area contributed by atoms with Crippen molar-refractivity contribution in [1.29, 1.82) is 0 Å². The number of fused-ring (bicyclic) bond motifs is 1. The number of carbonyl (C=O) groups is 2. The molecule has 1 unspecified atom stereocenters. The molecule has 3 aromatic rings. The van der Waals surface area contributed by atoms with Crippen LogP contribution in [0, 0.1) is 0 Å². The van der Waals surface area contributed by atoms with Crippen LogP contribution < -0.4 is 32.9 Å². The van der Waals surface area contributed by atoms with Gasteiger partial charge in [0.1, 0.15) is 0 Å². The van der Waals surface area contributed by atoms with Gasteiger partial charge in [-0.25, -0.2) is 15.2 Å². The van der Waals surface area contributed by atoms with E-state index in [0.717, 1.165) is 52.1 Å². The number of aromatic amines is 2. The van der Waals surface area contributed by atoms with E-state index < -0.39 is 11.9 Å². The molecule has 2 aromatic carbocycles. The molecule has 0 bridgehead atoms. The van der Waals surface area contributed by atoms with Crippen molar-refractivity contribution < 1.29 is 9.59 Å². The maximum atomic E-state index is 13.0. The highest BCUT2D eigenvalue weighted by molar-refractivity contribution is 6.10. The number of rotatable bonds is 27. The van der Waals surface area contributed by atoms with Gasteiger partial charge >= 0.3 is 5.69 Å². The lowest BCUT2D eigenvalue weighted by Gasteiger charge is -2.21. The van der Waals surface area contributed by atoms with Gasteiger partial charge in [-0.15, -0.1) is 10.2 Å². The molecule has 0 aliphatic heterocycles. The first-order valence-electron chi connectivity index (χ1n) is 20.8. The average Bonchev–Trinajstić information content (AvgIpc) is 3.58. The lowest BCUT2D eigenvalue weighted by Crippen LogP contribution is -2.48. The maximum absolute atomic E-state index is 13.0. The third-order valence-electron chi connectivity index (χ3n) is 9.30. The van der Waals surface area contributed by atoms with Gasteiger partial charge in [0, 0.05) is 24.5 Å². The number of amides is 1. The predicted octanol–water partition coefficient (Wildman–Crippen LogP) is 6.30. The van der Waals surface area contributed by atoms with E-state index in [-0.39, 0.29) is 17.4 Å². The average molecular weight is 790 g/mol. The largest absolute Gasteiger partial charge is 0.370 e. The SMILES string of the molecule is CCCCN(CCCC)CCCN=C(N)NC(N=Nc1ccc(NNC(C(C)=O)C(=O)Nc2ccc3[nH]c(=O)[nH]c3c2)cc1)=NCCCN(CCCC)CCCC. The summed E-state index contributed by atoms with van der Waals surface area (Å²) in [6.45, 7) is 17.7. The highest BCUT2D eigenvalue weighted by Gasteiger charge is 2.23. The van der Waals surface area contributed by atoms with Gasteiger partial charge in [-0.05, 0) is 127 Å². The predicted molar refractivity (Wildman–Crippen MR) is 233 cm³/mol. The van der Waals surface area contributed by atoms with Crippen molar-refractivity contribution in [2.75, 3.05) is 63.1 Å². The number of hydrazine groups is 1. The Morgan fingerprint density at radius 1 is 0.719 bits per heavy atom. The summed E-state index contributed by atoms with van der Waals surface area (Å²) in [5.41, 5.74) is 14.4. The van der Waals surface area contributed by atoms with Crippen LogP contribution in [-0.2, 0) is 9.59 Å². The summed E-state index contributed by atoms with van der Waals surface area (Å²) in [6.07, 6.45) is 11.3. The summed E-state index contributed by atoms with van der Waals surface area (Å²) in [4.78, 5) is 56.6. The van der Waals surface area contributed by atoms with Gasteiger partial charge in [0.15, 0.2) is 17.8 Å². The van der Waals surface area contributed by atoms with Crippen LogP contribution >= 0.6 is 0 Å². The van der Waals surface area contributed by atoms with Crippen molar-refractivity contribution >= 4 is 51.7 Å². The molecule has 1 aromatic heterocycles. The first-order valence-corrected chi connectivity index (χ1v) is 20.8. The number of nitrogens with two attached hydrogens (primary N) is 1. The third kappa shape index (κ3) is 18.3. The van der Waals surface area contributed by atoms with Crippen LogP contribution in [0.25, 0.3) is 11.0 Å². The molecule has 0 saturated carbocycles. The van der Waals surface area contributed by atoms with Crippen molar-refractivity contribution in [2.45, 2.75) is 105 Å². The van der Waals surface area contributed by atoms with Gasteiger partial charge in [0.25, 0.3) is 5.91 Å². The number of carbonyl (C=O) groups excluding carboxylic acids is 2. The van der Waals surface area contributed by atoms with Gasteiger partial charge in [0.05, 0.1) is 16.7 Å². The molecule has 1 amide bonds. The molecule has 1 heterocycles. The van der Waals surface area contributed by atoms with Gasteiger partial charge in [-0.2, -0.15) is 0 Å². The van der Waals surface area contributed by atoms with E-state index >= 15 is 0 Å². The summed E-state index contributed by atoms with van der Waals surface area (Å²) in [7, 11) is 0. The molecule has 0 fully saturated rings. The van der Waals surface area contributed by atoms with E-state index in [4.69, 9.17) is 10.7 Å². The number of nitrogens with one attached hydrogen (secondary N) is 6. The number of azo groups is 1. The van der Waals surface area contributed by atoms with E-state index in [2.05, 4.69) is 84.2 Å². The Labute approximate surface area is 338 Å². The van der Waals surface area contributed by atoms with E-state index in [1.54, 1.807) is 42.5 Å². The summed E-state index contributed by atoms with van der Waals surface area (Å²) < 4.78 is 0. The van der Waals surface area contributed by atoms with Gasteiger partial charge in [-0.1, -0.05) is 53.4 Å². The molecule has 314 valence electrons. The Bertz CT molecular complexity index is 1750. The molecule has 0 aliphatic rings. The number of unbranched alkanes of at least 4 members (excludes halogenated alkanes) is 4. The number of hydrogen-bond donors (Lipinski definition) is 7. The number of nitrogens with zero attached hydrogens (tertiary/aromatic N) is 6. The standard InChI is InChI=1S/C41H67N13O3/c1-6-10-24-53(25-11-7-2)28-14-22-43-39(42)48-40(44-23-15-29-54(26-12-8-3)27-13-9-4)52-50-33-18-16-32(17-19-33)49-51-37(31(5)55)38(56)45-34-20-21-35-36(30-34)47-41(57)46-35/h16-21,30,37,49,51H,6-15,22-29H2,1-5H3,(H,45,56)(H2,46,47,57)(H3,42,43,44,48). The van der Waals surface area contributed by atoms with Crippen molar-refractivity contribution in [2.24, 2.45) is 25.9 Å². The normalized spacial score (nSPS) is 12.9. The quantitative estimate of drug-likeness (QED) is 0.0115. The zero-order valence-corrected chi connectivity index (χ0v) is 34.8. The molecule has 0 spiro atoms.